The van der Waals surface area contributed by atoms with Crippen molar-refractivity contribution in [2.45, 2.75) is 0 Å². The second-order valence-corrected chi connectivity index (χ2v) is 2.38. The van der Waals surface area contributed by atoms with Crippen LogP contribution >= 0.6 is 0 Å². The molecule has 0 fully saturated rings. The van der Waals surface area contributed by atoms with E-state index in [2.05, 4.69) is 15.0 Å². The molecule has 0 amide bonds. The maximum absolute atomic E-state index is 5.62. The molecule has 2 heterocycles. The van der Waals surface area contributed by atoms with Gasteiger partial charge in [-0.3, -0.25) is 4.98 Å². The summed E-state index contributed by atoms with van der Waals surface area (Å²) in [5, 5.41) is 0.692. The van der Waals surface area contributed by atoms with Crippen LogP contribution in [0.1, 0.15) is 0 Å². The summed E-state index contributed by atoms with van der Waals surface area (Å²) < 4.78 is 0. The summed E-state index contributed by atoms with van der Waals surface area (Å²) in [5.41, 5.74) is 12.4. The molecule has 0 bridgehead atoms. The topological polar surface area (TPSA) is 90.7 Å². The zero-order chi connectivity index (χ0) is 8.55. The molecule has 2 aromatic heterocycles. The molecular weight excluding hydrogens is 154 g/mol. The van der Waals surface area contributed by atoms with E-state index < -0.39 is 0 Å². The van der Waals surface area contributed by atoms with Crippen LogP contribution in [0.3, 0.4) is 0 Å². The van der Waals surface area contributed by atoms with Crippen molar-refractivity contribution in [3.63, 3.8) is 0 Å². The Morgan fingerprint density at radius 1 is 1.08 bits per heavy atom. The van der Waals surface area contributed by atoms with Gasteiger partial charge in [0, 0.05) is 6.20 Å². The van der Waals surface area contributed by atoms with E-state index in [1.807, 2.05) is 0 Å². The molecule has 12 heavy (non-hydrogen) atoms. The molecular formula is C7H7N5. The fraction of sp³-hybridized carbons (Fsp3) is 0. The Hall–Kier alpha value is -1.91. The van der Waals surface area contributed by atoms with Gasteiger partial charge in [0.1, 0.15) is 17.7 Å². The van der Waals surface area contributed by atoms with E-state index in [-0.39, 0.29) is 0 Å². The van der Waals surface area contributed by atoms with Crippen molar-refractivity contribution >= 4 is 22.4 Å². The van der Waals surface area contributed by atoms with Gasteiger partial charge in [-0.2, -0.15) is 0 Å². The number of rotatable bonds is 0. The number of hydrogen-bond donors (Lipinski definition) is 2. The van der Waals surface area contributed by atoms with Crippen LogP contribution in [0.2, 0.25) is 0 Å². The molecule has 0 unspecified atom stereocenters. The molecule has 60 valence electrons. The van der Waals surface area contributed by atoms with E-state index in [9.17, 15) is 0 Å². The molecule has 2 aromatic rings. The summed E-state index contributed by atoms with van der Waals surface area (Å²) in [6.45, 7) is 0. The Morgan fingerprint density at radius 2 is 1.92 bits per heavy atom. The van der Waals surface area contributed by atoms with Crippen molar-refractivity contribution in [1.29, 1.82) is 0 Å². The number of nitrogens with two attached hydrogens (primary N) is 2. The predicted octanol–water partition coefficient (Wildman–Crippen LogP) is 0.189. The first kappa shape index (κ1) is 6.78. The third kappa shape index (κ3) is 0.833. The highest BCUT2D eigenvalue weighted by molar-refractivity contribution is 5.94. The average Bonchev–Trinajstić information content (AvgIpc) is 2.07. The molecule has 5 heteroatoms. The molecule has 0 aliphatic heterocycles. The molecule has 0 atom stereocenters. The predicted molar refractivity (Wildman–Crippen MR) is 46.2 cm³/mol. The fourth-order valence-corrected chi connectivity index (χ4v) is 1.02. The molecule has 0 aromatic carbocycles. The number of pyridine rings is 1. The molecule has 0 saturated carbocycles. The van der Waals surface area contributed by atoms with Gasteiger partial charge in [-0.1, -0.05) is 0 Å². The van der Waals surface area contributed by atoms with Crippen LogP contribution < -0.4 is 11.5 Å². The Labute approximate surface area is 68.5 Å². The smallest absolute Gasteiger partial charge is 0.136 e. The zero-order valence-electron chi connectivity index (χ0n) is 6.23. The highest BCUT2D eigenvalue weighted by atomic mass is 14.9. The van der Waals surface area contributed by atoms with E-state index >= 15 is 0 Å². The van der Waals surface area contributed by atoms with Crippen molar-refractivity contribution < 1.29 is 0 Å². The first-order valence-corrected chi connectivity index (χ1v) is 3.38. The number of hydrogen-bond acceptors (Lipinski definition) is 5. The molecule has 4 N–H and O–H groups in total. The van der Waals surface area contributed by atoms with Crippen LogP contribution in [0, 0.1) is 0 Å². The summed E-state index contributed by atoms with van der Waals surface area (Å²) in [6, 6.07) is 0. The summed E-state index contributed by atoms with van der Waals surface area (Å²) in [6.07, 6.45) is 4.52. The average molecular weight is 161 g/mol. The summed E-state index contributed by atoms with van der Waals surface area (Å²) in [4.78, 5) is 11.7. The normalized spacial score (nSPS) is 10.3. The standard InChI is InChI=1S/C7H7N5/c8-5-2-10-1-4-6(5)11-3-12-7(4)9/h1-3H,8H2,(H2,9,11,12). The van der Waals surface area contributed by atoms with E-state index in [4.69, 9.17) is 11.5 Å². The van der Waals surface area contributed by atoms with Crippen molar-refractivity contribution in [2.24, 2.45) is 0 Å². The van der Waals surface area contributed by atoms with Crippen LogP contribution in [0.4, 0.5) is 11.5 Å². The third-order valence-electron chi connectivity index (χ3n) is 1.61. The number of nitrogens with zero attached hydrogens (tertiary/aromatic N) is 3. The Balaban J connectivity index is 2.94. The molecule has 0 aliphatic carbocycles. The first-order chi connectivity index (χ1) is 5.79. The number of aromatic nitrogens is 3. The SMILES string of the molecule is Nc1ncnc2c(N)cncc12. The van der Waals surface area contributed by atoms with Gasteiger partial charge in [-0.15, -0.1) is 0 Å². The molecule has 0 spiro atoms. The van der Waals surface area contributed by atoms with Gasteiger partial charge in [0.05, 0.1) is 17.3 Å². The van der Waals surface area contributed by atoms with Gasteiger partial charge in [-0.05, 0) is 0 Å². The third-order valence-corrected chi connectivity index (χ3v) is 1.61. The van der Waals surface area contributed by atoms with E-state index in [0.29, 0.717) is 22.4 Å². The Kier molecular flexibility index (Phi) is 1.30. The van der Waals surface area contributed by atoms with Crippen LogP contribution in [-0.2, 0) is 0 Å². The van der Waals surface area contributed by atoms with Crippen molar-refractivity contribution in [1.82, 2.24) is 15.0 Å². The quantitative estimate of drug-likeness (QED) is 0.575. The van der Waals surface area contributed by atoms with Gasteiger partial charge < -0.3 is 11.5 Å². The minimum Gasteiger partial charge on any atom is -0.396 e. The summed E-state index contributed by atoms with van der Waals surface area (Å²) in [7, 11) is 0. The van der Waals surface area contributed by atoms with Crippen molar-refractivity contribution in [3.05, 3.63) is 18.7 Å². The number of anilines is 2. The maximum Gasteiger partial charge on any atom is 0.136 e. The lowest BCUT2D eigenvalue weighted by atomic mass is 10.3. The number of nitrogen functional groups attached to an aromatic ring is 2. The van der Waals surface area contributed by atoms with Crippen molar-refractivity contribution in [2.75, 3.05) is 11.5 Å². The highest BCUT2D eigenvalue weighted by Gasteiger charge is 2.01. The van der Waals surface area contributed by atoms with Crippen LogP contribution in [0.5, 0.6) is 0 Å². The maximum atomic E-state index is 5.62. The molecule has 0 radical (unpaired) electrons. The second kappa shape index (κ2) is 2.30. The molecule has 5 nitrogen and oxygen atoms in total. The van der Waals surface area contributed by atoms with E-state index in [0.717, 1.165) is 0 Å². The van der Waals surface area contributed by atoms with E-state index in [1.165, 1.54) is 12.5 Å². The Morgan fingerprint density at radius 3 is 2.67 bits per heavy atom. The van der Waals surface area contributed by atoms with Crippen LogP contribution in [-0.4, -0.2) is 15.0 Å². The lowest BCUT2D eigenvalue weighted by Gasteiger charge is -2.00. The van der Waals surface area contributed by atoms with Crippen molar-refractivity contribution in [3.8, 4) is 0 Å². The largest absolute Gasteiger partial charge is 0.396 e. The highest BCUT2D eigenvalue weighted by Crippen LogP contribution is 2.19. The minimum atomic E-state index is 0.403. The second-order valence-electron chi connectivity index (χ2n) is 2.38. The van der Waals surface area contributed by atoms with Gasteiger partial charge in [0.15, 0.2) is 0 Å². The Bertz CT molecular complexity index is 384. The lowest BCUT2D eigenvalue weighted by Crippen LogP contribution is -1.96. The van der Waals surface area contributed by atoms with Gasteiger partial charge in [0.2, 0.25) is 0 Å². The van der Waals surface area contributed by atoms with Crippen LogP contribution in [0.15, 0.2) is 18.7 Å². The molecule has 2 rings (SSSR count). The van der Waals surface area contributed by atoms with Gasteiger partial charge >= 0.3 is 0 Å². The fourth-order valence-electron chi connectivity index (χ4n) is 1.02. The lowest BCUT2D eigenvalue weighted by molar-refractivity contribution is 1.22. The molecule has 0 saturated heterocycles. The zero-order valence-corrected chi connectivity index (χ0v) is 6.23. The monoisotopic (exact) mass is 161 g/mol. The summed E-state index contributed by atoms with van der Waals surface area (Å²) in [5.74, 6) is 0.403. The minimum absolute atomic E-state index is 0.403. The van der Waals surface area contributed by atoms with Crippen LogP contribution in [0.25, 0.3) is 10.9 Å². The van der Waals surface area contributed by atoms with Gasteiger partial charge in [0.25, 0.3) is 0 Å². The number of fused-ring (bicyclic) bond motifs is 1. The molecule has 0 aliphatic rings. The summed E-state index contributed by atoms with van der Waals surface area (Å²) >= 11 is 0. The first-order valence-electron chi connectivity index (χ1n) is 3.38. The van der Waals surface area contributed by atoms with E-state index in [1.54, 1.807) is 6.20 Å². The van der Waals surface area contributed by atoms with Gasteiger partial charge in [-0.25, -0.2) is 9.97 Å².